The lowest BCUT2D eigenvalue weighted by molar-refractivity contribution is -0.116. The van der Waals surface area contributed by atoms with Crippen LogP contribution in [0.5, 0.6) is 0 Å². The molecular formula is C28H25N7O2. The number of fused-ring (bicyclic) bond motifs is 1. The van der Waals surface area contributed by atoms with Crippen LogP contribution in [0.4, 0.5) is 28.8 Å². The molecule has 0 atom stereocenters. The van der Waals surface area contributed by atoms with Gasteiger partial charge in [0.05, 0.1) is 17.2 Å². The first-order valence-corrected chi connectivity index (χ1v) is 11.7. The van der Waals surface area contributed by atoms with Gasteiger partial charge >= 0.3 is 0 Å². The van der Waals surface area contributed by atoms with Crippen LogP contribution >= 0.6 is 0 Å². The van der Waals surface area contributed by atoms with E-state index in [2.05, 4.69) is 30.9 Å². The van der Waals surface area contributed by atoms with Gasteiger partial charge in [0.15, 0.2) is 0 Å². The van der Waals surface area contributed by atoms with Crippen molar-refractivity contribution in [1.82, 2.24) is 19.5 Å². The van der Waals surface area contributed by atoms with Crippen LogP contribution in [0.25, 0.3) is 10.9 Å². The maximum atomic E-state index is 12.6. The lowest BCUT2D eigenvalue weighted by Crippen LogP contribution is -2.27. The lowest BCUT2D eigenvalue weighted by atomic mass is 10.2. The molecule has 1 amide bonds. The van der Waals surface area contributed by atoms with Crippen LogP contribution in [0.1, 0.15) is 11.3 Å². The van der Waals surface area contributed by atoms with Gasteiger partial charge in [-0.3, -0.25) is 14.2 Å². The molecule has 0 bridgehead atoms. The topological polar surface area (TPSA) is 114 Å². The molecule has 0 aliphatic carbocycles. The number of rotatable bonds is 7. The van der Waals surface area contributed by atoms with Crippen LogP contribution in [0.3, 0.4) is 0 Å². The predicted molar refractivity (Wildman–Crippen MR) is 146 cm³/mol. The number of para-hydroxylation sites is 1. The summed E-state index contributed by atoms with van der Waals surface area (Å²) in [5.74, 6) is 0.814. The van der Waals surface area contributed by atoms with Crippen molar-refractivity contribution in [3.63, 3.8) is 0 Å². The SMILES string of the molecule is Cc1ccc(Nc2nc(C)cc(Nc3ccc(NC(=O)Cn4cnc5ccccc5c4=O)cc3)n2)cc1. The van der Waals surface area contributed by atoms with Crippen LogP contribution in [0, 0.1) is 13.8 Å². The first kappa shape index (κ1) is 23.7. The fourth-order valence-electron chi connectivity index (χ4n) is 3.81. The summed E-state index contributed by atoms with van der Waals surface area (Å²) in [6, 6.07) is 24.1. The van der Waals surface area contributed by atoms with E-state index in [-0.39, 0.29) is 18.0 Å². The number of benzene rings is 3. The summed E-state index contributed by atoms with van der Waals surface area (Å²) in [5.41, 5.74) is 4.65. The molecule has 0 saturated heterocycles. The van der Waals surface area contributed by atoms with E-state index in [4.69, 9.17) is 0 Å². The lowest BCUT2D eigenvalue weighted by Gasteiger charge is -2.11. The molecule has 0 spiro atoms. The maximum Gasteiger partial charge on any atom is 0.261 e. The van der Waals surface area contributed by atoms with Gasteiger partial charge in [0.25, 0.3) is 5.56 Å². The highest BCUT2D eigenvalue weighted by Crippen LogP contribution is 2.21. The van der Waals surface area contributed by atoms with Crippen molar-refractivity contribution in [2.24, 2.45) is 0 Å². The number of carbonyl (C=O) groups excluding carboxylic acids is 1. The van der Waals surface area contributed by atoms with Gasteiger partial charge in [-0.2, -0.15) is 4.98 Å². The molecule has 5 aromatic rings. The number of aryl methyl sites for hydroxylation is 2. The molecule has 0 aliphatic heterocycles. The second kappa shape index (κ2) is 10.3. The quantitative estimate of drug-likeness (QED) is 0.296. The highest BCUT2D eigenvalue weighted by atomic mass is 16.2. The van der Waals surface area contributed by atoms with Gasteiger partial charge in [0.1, 0.15) is 12.4 Å². The average Bonchev–Trinajstić information content (AvgIpc) is 2.88. The Morgan fingerprint density at radius 2 is 1.51 bits per heavy atom. The summed E-state index contributed by atoms with van der Waals surface area (Å²) >= 11 is 0. The van der Waals surface area contributed by atoms with Crippen molar-refractivity contribution in [2.45, 2.75) is 20.4 Å². The van der Waals surface area contributed by atoms with Crippen LogP contribution < -0.4 is 21.5 Å². The minimum absolute atomic E-state index is 0.131. The standard InChI is InChI=1S/C28H25N7O2/c1-18-7-9-22(10-8-18)33-28-30-19(2)15-25(34-28)31-20-11-13-21(14-12-20)32-26(36)16-35-17-29-24-6-4-3-5-23(24)27(35)37/h3-15,17H,16H2,1-2H3,(H,32,36)(H2,30,31,33,34). The average molecular weight is 492 g/mol. The Morgan fingerprint density at radius 3 is 2.30 bits per heavy atom. The Balaban J connectivity index is 1.23. The molecule has 9 nitrogen and oxygen atoms in total. The molecular weight excluding hydrogens is 466 g/mol. The summed E-state index contributed by atoms with van der Waals surface area (Å²) in [7, 11) is 0. The first-order valence-electron chi connectivity index (χ1n) is 11.7. The van der Waals surface area contributed by atoms with Crippen molar-refractivity contribution in [1.29, 1.82) is 0 Å². The Labute approximate surface area is 213 Å². The highest BCUT2D eigenvalue weighted by molar-refractivity contribution is 5.91. The highest BCUT2D eigenvalue weighted by Gasteiger charge is 2.09. The molecule has 9 heteroatoms. The third-order valence-corrected chi connectivity index (χ3v) is 5.65. The van der Waals surface area contributed by atoms with E-state index in [1.165, 1.54) is 16.5 Å². The smallest absolute Gasteiger partial charge is 0.261 e. The number of carbonyl (C=O) groups is 1. The minimum atomic E-state index is -0.321. The molecule has 37 heavy (non-hydrogen) atoms. The number of nitrogens with one attached hydrogen (secondary N) is 3. The van der Waals surface area contributed by atoms with Crippen molar-refractivity contribution in [3.8, 4) is 0 Å². The van der Waals surface area contributed by atoms with Crippen molar-refractivity contribution in [3.05, 3.63) is 107 Å². The third kappa shape index (κ3) is 5.79. The number of nitrogens with zero attached hydrogens (tertiary/aromatic N) is 4. The fraction of sp³-hybridized carbons (Fsp3) is 0.107. The van der Waals surface area contributed by atoms with E-state index in [0.29, 0.717) is 28.4 Å². The van der Waals surface area contributed by atoms with Gasteiger partial charge in [-0.1, -0.05) is 29.8 Å². The third-order valence-electron chi connectivity index (χ3n) is 5.65. The molecule has 2 heterocycles. The van der Waals surface area contributed by atoms with Crippen LogP contribution in [-0.2, 0) is 11.3 Å². The Morgan fingerprint density at radius 1 is 0.838 bits per heavy atom. The summed E-state index contributed by atoms with van der Waals surface area (Å²) in [6.07, 6.45) is 1.39. The van der Waals surface area contributed by atoms with Gasteiger partial charge < -0.3 is 16.0 Å². The van der Waals surface area contributed by atoms with E-state index in [0.717, 1.165) is 17.1 Å². The van der Waals surface area contributed by atoms with Crippen LogP contribution in [0.15, 0.2) is 90.0 Å². The molecule has 0 aliphatic rings. The zero-order chi connectivity index (χ0) is 25.8. The minimum Gasteiger partial charge on any atom is -0.340 e. The Hall–Kier alpha value is -5.05. The largest absolute Gasteiger partial charge is 0.340 e. The van der Waals surface area contributed by atoms with E-state index < -0.39 is 0 Å². The van der Waals surface area contributed by atoms with Gasteiger partial charge in [0, 0.05) is 28.8 Å². The molecule has 0 radical (unpaired) electrons. The molecule has 0 saturated carbocycles. The van der Waals surface area contributed by atoms with Gasteiger partial charge in [0.2, 0.25) is 11.9 Å². The van der Waals surface area contributed by atoms with Crippen molar-refractivity contribution < 1.29 is 4.79 Å². The fourth-order valence-corrected chi connectivity index (χ4v) is 3.81. The second-order valence-corrected chi connectivity index (χ2v) is 8.65. The monoisotopic (exact) mass is 491 g/mol. The van der Waals surface area contributed by atoms with E-state index >= 15 is 0 Å². The molecule has 2 aromatic heterocycles. The molecule has 0 unspecified atom stereocenters. The number of hydrogen-bond acceptors (Lipinski definition) is 7. The first-order chi connectivity index (χ1) is 17.9. The molecule has 0 fully saturated rings. The van der Waals surface area contributed by atoms with Gasteiger partial charge in [-0.15, -0.1) is 0 Å². The number of amides is 1. The van der Waals surface area contributed by atoms with Crippen LogP contribution in [-0.4, -0.2) is 25.4 Å². The van der Waals surface area contributed by atoms with Crippen molar-refractivity contribution >= 4 is 45.6 Å². The zero-order valence-electron chi connectivity index (χ0n) is 20.4. The van der Waals surface area contributed by atoms with Gasteiger partial charge in [-0.25, -0.2) is 9.97 Å². The van der Waals surface area contributed by atoms with E-state index in [1.807, 2.05) is 62.4 Å². The number of aromatic nitrogens is 4. The summed E-state index contributed by atoms with van der Waals surface area (Å²) < 4.78 is 1.30. The summed E-state index contributed by atoms with van der Waals surface area (Å²) in [6.45, 7) is 3.81. The second-order valence-electron chi connectivity index (χ2n) is 8.65. The van der Waals surface area contributed by atoms with E-state index in [9.17, 15) is 9.59 Å². The molecule has 184 valence electrons. The summed E-state index contributed by atoms with van der Waals surface area (Å²) in [5, 5.41) is 9.79. The number of anilines is 5. The predicted octanol–water partition coefficient (Wildman–Crippen LogP) is 4.93. The Bertz CT molecular complexity index is 1630. The number of hydrogen-bond donors (Lipinski definition) is 3. The normalized spacial score (nSPS) is 10.8. The molecule has 3 N–H and O–H groups in total. The zero-order valence-corrected chi connectivity index (χ0v) is 20.4. The summed E-state index contributed by atoms with van der Waals surface area (Å²) in [4.78, 5) is 38.4. The van der Waals surface area contributed by atoms with E-state index in [1.54, 1.807) is 30.3 Å². The van der Waals surface area contributed by atoms with Gasteiger partial charge in [-0.05, 0) is 62.4 Å². The molecule has 3 aromatic carbocycles. The van der Waals surface area contributed by atoms with Crippen LogP contribution in [0.2, 0.25) is 0 Å². The molecule has 5 rings (SSSR count). The Kier molecular flexibility index (Phi) is 6.58. The maximum absolute atomic E-state index is 12.6. The van der Waals surface area contributed by atoms with Crippen molar-refractivity contribution in [2.75, 3.05) is 16.0 Å².